The number of nitrogens with zero attached hydrogens (tertiary/aromatic N) is 4. The van der Waals surface area contributed by atoms with Crippen LogP contribution in [0.25, 0.3) is 0 Å². The van der Waals surface area contributed by atoms with Crippen molar-refractivity contribution in [3.63, 3.8) is 0 Å². The molecule has 0 unspecified atom stereocenters. The standard InChI is InChI=1S/C11H19N5OS/c1-3-6-17-11-14-9(12-2)13-10(15-11)16-4-7-18-8-5-16/h3-8H2,1-2H3,(H,12,13,14,15). The van der Waals surface area contributed by atoms with Crippen LogP contribution in [-0.2, 0) is 0 Å². The third-order valence-corrected chi connectivity index (χ3v) is 3.50. The summed E-state index contributed by atoms with van der Waals surface area (Å²) >= 11 is 1.96. The molecule has 1 aromatic rings. The van der Waals surface area contributed by atoms with Gasteiger partial charge in [0, 0.05) is 31.6 Å². The van der Waals surface area contributed by atoms with Crippen molar-refractivity contribution < 1.29 is 4.74 Å². The molecule has 1 saturated heterocycles. The summed E-state index contributed by atoms with van der Waals surface area (Å²) in [4.78, 5) is 15.1. The van der Waals surface area contributed by atoms with Crippen molar-refractivity contribution in [2.24, 2.45) is 0 Å². The zero-order valence-corrected chi connectivity index (χ0v) is 11.7. The third-order valence-electron chi connectivity index (χ3n) is 2.56. The van der Waals surface area contributed by atoms with Crippen LogP contribution in [0.4, 0.5) is 11.9 Å². The number of hydrogen-bond donors (Lipinski definition) is 1. The van der Waals surface area contributed by atoms with Crippen LogP contribution < -0.4 is 15.0 Å². The minimum atomic E-state index is 0.407. The number of aromatic nitrogens is 3. The summed E-state index contributed by atoms with van der Waals surface area (Å²) in [5, 5.41) is 2.95. The average molecular weight is 269 g/mol. The normalized spacial score (nSPS) is 15.6. The monoisotopic (exact) mass is 269 g/mol. The van der Waals surface area contributed by atoms with Gasteiger partial charge in [-0.1, -0.05) is 6.92 Å². The van der Waals surface area contributed by atoms with Gasteiger partial charge in [0.15, 0.2) is 0 Å². The molecule has 0 amide bonds. The lowest BCUT2D eigenvalue weighted by atomic mass is 10.5. The fourth-order valence-electron chi connectivity index (χ4n) is 1.62. The number of thioether (sulfide) groups is 1. The molecule has 7 heteroatoms. The summed E-state index contributed by atoms with van der Waals surface area (Å²) in [6.45, 7) is 4.64. The Morgan fingerprint density at radius 2 is 2.06 bits per heavy atom. The van der Waals surface area contributed by atoms with Gasteiger partial charge in [-0.2, -0.15) is 26.7 Å². The van der Waals surface area contributed by atoms with Gasteiger partial charge in [0.2, 0.25) is 11.9 Å². The Hall–Kier alpha value is -1.24. The SMILES string of the molecule is CCCOc1nc(NC)nc(N2CCSCC2)n1. The van der Waals surface area contributed by atoms with E-state index in [1.165, 1.54) is 0 Å². The highest BCUT2D eigenvalue weighted by molar-refractivity contribution is 7.99. The van der Waals surface area contributed by atoms with Crippen molar-refractivity contribution in [1.29, 1.82) is 0 Å². The number of ether oxygens (including phenoxy) is 1. The van der Waals surface area contributed by atoms with Crippen molar-refractivity contribution in [2.75, 3.05) is 48.5 Å². The first-order valence-corrected chi connectivity index (χ1v) is 7.38. The van der Waals surface area contributed by atoms with Crippen LogP contribution in [-0.4, -0.2) is 53.2 Å². The van der Waals surface area contributed by atoms with E-state index >= 15 is 0 Å². The molecule has 1 N–H and O–H groups in total. The van der Waals surface area contributed by atoms with E-state index in [0.717, 1.165) is 31.0 Å². The van der Waals surface area contributed by atoms with E-state index in [1.54, 1.807) is 7.05 Å². The minimum Gasteiger partial charge on any atom is -0.463 e. The molecule has 0 aromatic carbocycles. The van der Waals surface area contributed by atoms with Gasteiger partial charge in [-0.15, -0.1) is 0 Å². The van der Waals surface area contributed by atoms with Gasteiger partial charge < -0.3 is 15.0 Å². The highest BCUT2D eigenvalue weighted by Gasteiger charge is 2.16. The topological polar surface area (TPSA) is 63.2 Å². The second-order valence-electron chi connectivity index (χ2n) is 3.94. The molecule has 2 heterocycles. The Balaban J connectivity index is 2.16. The second-order valence-corrected chi connectivity index (χ2v) is 5.16. The Kier molecular flexibility index (Phi) is 4.86. The Morgan fingerprint density at radius 1 is 1.28 bits per heavy atom. The average Bonchev–Trinajstić information content (AvgIpc) is 2.45. The Labute approximate surface area is 112 Å². The summed E-state index contributed by atoms with van der Waals surface area (Å²) in [7, 11) is 1.80. The lowest BCUT2D eigenvalue weighted by Crippen LogP contribution is -2.34. The fourth-order valence-corrected chi connectivity index (χ4v) is 2.52. The second kappa shape index (κ2) is 6.63. The van der Waals surface area contributed by atoms with Gasteiger partial charge in [-0.3, -0.25) is 0 Å². The van der Waals surface area contributed by atoms with Crippen LogP contribution in [0.2, 0.25) is 0 Å². The first kappa shape index (κ1) is 13.2. The predicted octanol–water partition coefficient (Wildman–Crippen LogP) is 1.26. The van der Waals surface area contributed by atoms with Crippen molar-refractivity contribution in [3.05, 3.63) is 0 Å². The Morgan fingerprint density at radius 3 is 2.72 bits per heavy atom. The quantitative estimate of drug-likeness (QED) is 0.863. The van der Waals surface area contributed by atoms with E-state index in [1.807, 2.05) is 11.8 Å². The highest BCUT2D eigenvalue weighted by Crippen LogP contribution is 2.18. The molecule has 1 aliphatic rings. The van der Waals surface area contributed by atoms with E-state index < -0.39 is 0 Å². The molecule has 0 aliphatic carbocycles. The van der Waals surface area contributed by atoms with E-state index in [0.29, 0.717) is 24.5 Å². The van der Waals surface area contributed by atoms with Gasteiger partial charge >= 0.3 is 6.01 Å². The van der Waals surface area contributed by atoms with Gasteiger partial charge in [-0.05, 0) is 6.42 Å². The Bertz CT molecular complexity index is 384. The van der Waals surface area contributed by atoms with Gasteiger partial charge in [0.25, 0.3) is 0 Å². The molecule has 0 atom stereocenters. The zero-order valence-electron chi connectivity index (χ0n) is 10.8. The molecule has 0 radical (unpaired) electrons. The molecule has 18 heavy (non-hydrogen) atoms. The number of anilines is 2. The smallest absolute Gasteiger partial charge is 0.323 e. The first-order chi connectivity index (χ1) is 8.83. The van der Waals surface area contributed by atoms with E-state index in [4.69, 9.17) is 4.74 Å². The number of rotatable bonds is 5. The molecule has 0 saturated carbocycles. The summed E-state index contributed by atoms with van der Waals surface area (Å²) in [6, 6.07) is 0.407. The third kappa shape index (κ3) is 3.38. The van der Waals surface area contributed by atoms with E-state index in [2.05, 4.69) is 32.1 Å². The van der Waals surface area contributed by atoms with Crippen molar-refractivity contribution in [2.45, 2.75) is 13.3 Å². The zero-order chi connectivity index (χ0) is 12.8. The van der Waals surface area contributed by atoms with Crippen LogP contribution in [0.15, 0.2) is 0 Å². The van der Waals surface area contributed by atoms with Crippen LogP contribution in [0.1, 0.15) is 13.3 Å². The molecule has 0 spiro atoms. The van der Waals surface area contributed by atoms with Crippen molar-refractivity contribution in [1.82, 2.24) is 15.0 Å². The summed E-state index contributed by atoms with van der Waals surface area (Å²) in [5.41, 5.74) is 0. The first-order valence-electron chi connectivity index (χ1n) is 6.22. The highest BCUT2D eigenvalue weighted by atomic mass is 32.2. The predicted molar refractivity (Wildman–Crippen MR) is 74.7 cm³/mol. The van der Waals surface area contributed by atoms with Gasteiger partial charge in [0.1, 0.15) is 0 Å². The van der Waals surface area contributed by atoms with Crippen molar-refractivity contribution >= 4 is 23.7 Å². The molecule has 2 rings (SSSR count). The largest absolute Gasteiger partial charge is 0.463 e. The maximum absolute atomic E-state index is 5.50. The van der Waals surface area contributed by atoms with Crippen molar-refractivity contribution in [3.8, 4) is 6.01 Å². The fraction of sp³-hybridized carbons (Fsp3) is 0.727. The summed E-state index contributed by atoms with van der Waals surface area (Å²) in [5.74, 6) is 3.50. The molecular weight excluding hydrogens is 250 g/mol. The van der Waals surface area contributed by atoms with Crippen LogP contribution in [0, 0.1) is 0 Å². The molecule has 100 valence electrons. The number of hydrogen-bond acceptors (Lipinski definition) is 7. The van der Waals surface area contributed by atoms with E-state index in [9.17, 15) is 0 Å². The van der Waals surface area contributed by atoms with Crippen LogP contribution in [0.5, 0.6) is 6.01 Å². The van der Waals surface area contributed by atoms with Crippen LogP contribution in [0.3, 0.4) is 0 Å². The van der Waals surface area contributed by atoms with Gasteiger partial charge in [0.05, 0.1) is 6.61 Å². The minimum absolute atomic E-state index is 0.407. The van der Waals surface area contributed by atoms with E-state index in [-0.39, 0.29) is 0 Å². The molecule has 1 fully saturated rings. The summed E-state index contributed by atoms with van der Waals surface area (Å²) in [6.07, 6.45) is 0.941. The lowest BCUT2D eigenvalue weighted by Gasteiger charge is -2.26. The maximum Gasteiger partial charge on any atom is 0.323 e. The molecule has 1 aliphatic heterocycles. The molecule has 0 bridgehead atoms. The molecular formula is C11H19N5OS. The number of nitrogens with one attached hydrogen (secondary N) is 1. The molecule has 1 aromatic heterocycles. The molecule has 6 nitrogen and oxygen atoms in total. The lowest BCUT2D eigenvalue weighted by molar-refractivity contribution is 0.292. The van der Waals surface area contributed by atoms with Crippen LogP contribution >= 0.6 is 11.8 Å². The maximum atomic E-state index is 5.50. The summed E-state index contributed by atoms with van der Waals surface area (Å²) < 4.78 is 5.50. The van der Waals surface area contributed by atoms with Gasteiger partial charge in [-0.25, -0.2) is 0 Å².